The quantitative estimate of drug-likeness (QED) is 0.476. The standard InChI is InChI=1S/C25H23N5O3/c31-24(20-7-9-21(10-8-20)33-17-19-5-2-1-3-6-19)28-13-15-29(16-14-28)25(32)22-23-26-11-4-12-30(23)18-27-22/h1-12,18H,13-17H2. The van der Waals surface area contributed by atoms with Crippen molar-refractivity contribution < 1.29 is 14.3 Å². The van der Waals surface area contributed by atoms with Crippen LogP contribution in [0.4, 0.5) is 0 Å². The molecule has 1 saturated heterocycles. The molecule has 33 heavy (non-hydrogen) atoms. The van der Waals surface area contributed by atoms with Crippen molar-refractivity contribution in [1.82, 2.24) is 24.2 Å². The van der Waals surface area contributed by atoms with E-state index >= 15 is 0 Å². The first-order chi connectivity index (χ1) is 16.2. The van der Waals surface area contributed by atoms with E-state index in [2.05, 4.69) is 9.97 Å². The Morgan fingerprint density at radius 2 is 1.52 bits per heavy atom. The van der Waals surface area contributed by atoms with Crippen molar-refractivity contribution in [3.05, 3.63) is 96.2 Å². The number of benzene rings is 2. The average molecular weight is 441 g/mol. The van der Waals surface area contributed by atoms with Crippen LogP contribution >= 0.6 is 0 Å². The highest BCUT2D eigenvalue weighted by Crippen LogP contribution is 2.17. The van der Waals surface area contributed by atoms with Crippen molar-refractivity contribution in [2.45, 2.75) is 6.61 Å². The molecular formula is C25H23N5O3. The fourth-order valence-electron chi connectivity index (χ4n) is 3.87. The van der Waals surface area contributed by atoms with Crippen LogP contribution < -0.4 is 4.74 Å². The molecule has 1 aliphatic rings. The second-order valence-corrected chi connectivity index (χ2v) is 7.83. The summed E-state index contributed by atoms with van der Waals surface area (Å²) < 4.78 is 7.52. The molecule has 8 nitrogen and oxygen atoms in total. The van der Waals surface area contributed by atoms with Crippen LogP contribution in [0.5, 0.6) is 5.75 Å². The van der Waals surface area contributed by atoms with E-state index in [1.54, 1.807) is 51.1 Å². The summed E-state index contributed by atoms with van der Waals surface area (Å²) in [5, 5.41) is 0. The lowest BCUT2D eigenvalue weighted by Gasteiger charge is -2.34. The molecule has 0 spiro atoms. The number of amides is 2. The normalized spacial score (nSPS) is 13.8. The summed E-state index contributed by atoms with van der Waals surface area (Å²) in [6.07, 6.45) is 5.03. The maximum atomic E-state index is 12.9. The van der Waals surface area contributed by atoms with Gasteiger partial charge < -0.3 is 14.5 Å². The molecule has 1 fully saturated rings. The molecule has 5 rings (SSSR count). The fourth-order valence-corrected chi connectivity index (χ4v) is 3.87. The molecule has 0 aliphatic carbocycles. The third-order valence-corrected chi connectivity index (χ3v) is 5.70. The fraction of sp³-hybridized carbons (Fsp3) is 0.200. The largest absolute Gasteiger partial charge is 0.489 e. The minimum atomic E-state index is -0.164. The monoisotopic (exact) mass is 441 g/mol. The van der Waals surface area contributed by atoms with Crippen molar-refractivity contribution in [3.8, 4) is 5.75 Å². The molecule has 8 heteroatoms. The van der Waals surface area contributed by atoms with Gasteiger partial charge in [0.1, 0.15) is 18.7 Å². The van der Waals surface area contributed by atoms with Gasteiger partial charge in [0.25, 0.3) is 11.8 Å². The van der Waals surface area contributed by atoms with Gasteiger partial charge in [0, 0.05) is 44.1 Å². The maximum absolute atomic E-state index is 12.9. The predicted molar refractivity (Wildman–Crippen MR) is 122 cm³/mol. The lowest BCUT2D eigenvalue weighted by atomic mass is 10.1. The smallest absolute Gasteiger partial charge is 0.276 e. The number of piperazine rings is 1. The number of hydrogen-bond donors (Lipinski definition) is 0. The number of rotatable bonds is 5. The first kappa shape index (κ1) is 20.7. The average Bonchev–Trinajstić information content (AvgIpc) is 3.32. The van der Waals surface area contributed by atoms with Crippen LogP contribution in [0.25, 0.3) is 5.65 Å². The Hall–Kier alpha value is -4.20. The number of nitrogens with zero attached hydrogens (tertiary/aromatic N) is 5. The molecule has 2 aromatic heterocycles. The highest BCUT2D eigenvalue weighted by molar-refractivity contribution is 5.98. The Morgan fingerprint density at radius 1 is 0.818 bits per heavy atom. The predicted octanol–water partition coefficient (Wildman–Crippen LogP) is 2.91. The van der Waals surface area contributed by atoms with E-state index in [0.717, 1.165) is 5.56 Å². The van der Waals surface area contributed by atoms with Gasteiger partial charge in [-0.2, -0.15) is 0 Å². The number of aromatic nitrogens is 3. The topological polar surface area (TPSA) is 80.0 Å². The Kier molecular flexibility index (Phi) is 5.72. The third-order valence-electron chi connectivity index (χ3n) is 5.70. The van der Waals surface area contributed by atoms with Gasteiger partial charge in [-0.25, -0.2) is 9.97 Å². The van der Waals surface area contributed by atoms with E-state index < -0.39 is 0 Å². The molecule has 1 aliphatic heterocycles. The van der Waals surface area contributed by atoms with Crippen molar-refractivity contribution in [2.24, 2.45) is 0 Å². The number of carbonyl (C=O) groups excluding carboxylic acids is 2. The lowest BCUT2D eigenvalue weighted by Crippen LogP contribution is -2.50. The summed E-state index contributed by atoms with van der Waals surface area (Å²) in [7, 11) is 0. The molecule has 2 aromatic carbocycles. The molecule has 0 saturated carbocycles. The van der Waals surface area contributed by atoms with Gasteiger partial charge in [-0.05, 0) is 35.9 Å². The van der Waals surface area contributed by atoms with Crippen molar-refractivity contribution in [2.75, 3.05) is 26.2 Å². The second kappa shape index (κ2) is 9.12. The number of fused-ring (bicyclic) bond motifs is 1. The summed E-state index contributed by atoms with van der Waals surface area (Å²) in [4.78, 5) is 37.8. The molecule has 0 bridgehead atoms. The molecule has 0 unspecified atom stereocenters. The summed E-state index contributed by atoms with van der Waals surface area (Å²) in [5.41, 5.74) is 2.56. The molecular weight excluding hydrogens is 418 g/mol. The second-order valence-electron chi connectivity index (χ2n) is 7.83. The molecule has 0 atom stereocenters. The summed E-state index contributed by atoms with van der Waals surface area (Å²) in [6.45, 7) is 2.32. The zero-order chi connectivity index (χ0) is 22.6. The van der Waals surface area contributed by atoms with Crippen LogP contribution in [0.3, 0.4) is 0 Å². The number of hydrogen-bond acceptors (Lipinski definition) is 5. The van der Waals surface area contributed by atoms with E-state index in [9.17, 15) is 9.59 Å². The molecule has 0 N–H and O–H groups in total. The van der Waals surface area contributed by atoms with Crippen molar-refractivity contribution >= 4 is 17.5 Å². The summed E-state index contributed by atoms with van der Waals surface area (Å²) in [5.74, 6) is 0.501. The van der Waals surface area contributed by atoms with E-state index in [1.807, 2.05) is 42.5 Å². The number of imidazole rings is 1. The van der Waals surface area contributed by atoms with Crippen LogP contribution in [0.15, 0.2) is 79.4 Å². The third kappa shape index (κ3) is 4.41. The van der Waals surface area contributed by atoms with E-state index in [4.69, 9.17) is 4.74 Å². The molecule has 0 radical (unpaired) electrons. The Bertz CT molecular complexity index is 1260. The van der Waals surface area contributed by atoms with Crippen LogP contribution in [0.2, 0.25) is 0 Å². The van der Waals surface area contributed by atoms with Gasteiger partial charge in [0.05, 0.1) is 0 Å². The summed E-state index contributed by atoms with van der Waals surface area (Å²) in [6, 6.07) is 18.9. The Morgan fingerprint density at radius 3 is 2.24 bits per heavy atom. The summed E-state index contributed by atoms with van der Waals surface area (Å²) >= 11 is 0. The highest BCUT2D eigenvalue weighted by Gasteiger charge is 2.27. The van der Waals surface area contributed by atoms with Gasteiger partial charge in [0.2, 0.25) is 0 Å². The van der Waals surface area contributed by atoms with Crippen LogP contribution in [-0.4, -0.2) is 62.2 Å². The van der Waals surface area contributed by atoms with Crippen LogP contribution in [-0.2, 0) is 6.61 Å². The number of ether oxygens (including phenoxy) is 1. The molecule has 3 heterocycles. The van der Waals surface area contributed by atoms with Crippen LogP contribution in [0, 0.1) is 0 Å². The van der Waals surface area contributed by atoms with Gasteiger partial charge in [-0.15, -0.1) is 0 Å². The zero-order valence-electron chi connectivity index (χ0n) is 18.0. The molecule has 4 aromatic rings. The minimum absolute atomic E-state index is 0.0502. The van der Waals surface area contributed by atoms with E-state index in [-0.39, 0.29) is 11.8 Å². The number of carbonyl (C=O) groups is 2. The molecule has 2 amide bonds. The molecule has 166 valence electrons. The van der Waals surface area contributed by atoms with Gasteiger partial charge in [-0.3, -0.25) is 14.0 Å². The first-order valence-corrected chi connectivity index (χ1v) is 10.8. The zero-order valence-corrected chi connectivity index (χ0v) is 18.0. The van der Waals surface area contributed by atoms with E-state index in [0.29, 0.717) is 55.4 Å². The van der Waals surface area contributed by atoms with E-state index in [1.165, 1.54) is 0 Å². The minimum Gasteiger partial charge on any atom is -0.489 e. The van der Waals surface area contributed by atoms with Gasteiger partial charge in [-0.1, -0.05) is 30.3 Å². The SMILES string of the molecule is O=C(c1ccc(OCc2ccccc2)cc1)N1CCN(C(=O)c2ncn3cccnc23)CC1. The maximum Gasteiger partial charge on any atom is 0.276 e. The van der Waals surface area contributed by atoms with Crippen LogP contribution in [0.1, 0.15) is 26.4 Å². The Balaban J connectivity index is 1.17. The van der Waals surface area contributed by atoms with Gasteiger partial charge >= 0.3 is 0 Å². The van der Waals surface area contributed by atoms with Crippen molar-refractivity contribution in [1.29, 1.82) is 0 Å². The van der Waals surface area contributed by atoms with Crippen molar-refractivity contribution in [3.63, 3.8) is 0 Å². The van der Waals surface area contributed by atoms with Gasteiger partial charge in [0.15, 0.2) is 11.3 Å². The Labute approximate surface area is 191 Å². The highest BCUT2D eigenvalue weighted by atomic mass is 16.5. The first-order valence-electron chi connectivity index (χ1n) is 10.8. The lowest BCUT2D eigenvalue weighted by molar-refractivity contribution is 0.0533.